The fourth-order valence-electron chi connectivity index (χ4n) is 3.02. The van der Waals surface area contributed by atoms with Crippen molar-refractivity contribution >= 4 is 27.3 Å². The van der Waals surface area contributed by atoms with E-state index in [1.165, 1.54) is 7.11 Å². The second kappa shape index (κ2) is 7.17. The Morgan fingerprint density at radius 3 is 2.38 bits per heavy atom. The summed E-state index contributed by atoms with van der Waals surface area (Å²) in [6, 6.07) is 12.0. The first-order valence-electron chi connectivity index (χ1n) is 7.89. The molecule has 1 atom stereocenters. The maximum atomic E-state index is 12.3. The van der Waals surface area contributed by atoms with E-state index in [0.29, 0.717) is 34.2 Å². The number of hydrogen-bond acceptors (Lipinski definition) is 5. The number of ether oxygens (including phenoxy) is 2. The fraction of sp³-hybridized carbons (Fsp3) is 0.278. The summed E-state index contributed by atoms with van der Waals surface area (Å²) >= 11 is 5.94. The molecule has 0 amide bonds. The van der Waals surface area contributed by atoms with Crippen LogP contribution >= 0.6 is 11.6 Å². The van der Waals surface area contributed by atoms with Crippen LogP contribution in [0.15, 0.2) is 47.6 Å². The van der Waals surface area contributed by atoms with E-state index in [4.69, 9.17) is 21.1 Å². The van der Waals surface area contributed by atoms with Gasteiger partial charge < -0.3 is 9.47 Å². The van der Waals surface area contributed by atoms with E-state index in [1.807, 2.05) is 18.2 Å². The molecule has 2 aromatic rings. The number of nitrogens with zero attached hydrogens (tertiary/aromatic N) is 2. The van der Waals surface area contributed by atoms with Crippen LogP contribution in [0, 0.1) is 0 Å². The first-order chi connectivity index (χ1) is 12.3. The van der Waals surface area contributed by atoms with Gasteiger partial charge in [-0.2, -0.15) is 9.52 Å². The molecule has 0 saturated carbocycles. The molecule has 0 saturated heterocycles. The van der Waals surface area contributed by atoms with Crippen molar-refractivity contribution in [1.29, 1.82) is 0 Å². The Balaban J connectivity index is 2.07. The van der Waals surface area contributed by atoms with Crippen LogP contribution in [0.4, 0.5) is 0 Å². The van der Waals surface area contributed by atoms with Gasteiger partial charge in [0.05, 0.1) is 32.2 Å². The molecule has 0 N–H and O–H groups in total. The van der Waals surface area contributed by atoms with Gasteiger partial charge in [-0.1, -0.05) is 35.9 Å². The second-order valence-corrected chi connectivity index (χ2v) is 8.17. The van der Waals surface area contributed by atoms with Gasteiger partial charge in [0.15, 0.2) is 11.5 Å². The lowest BCUT2D eigenvalue weighted by molar-refractivity contribution is 0.329. The van der Waals surface area contributed by atoms with Gasteiger partial charge in [-0.25, -0.2) is 8.42 Å². The van der Waals surface area contributed by atoms with E-state index >= 15 is 0 Å². The van der Waals surface area contributed by atoms with E-state index in [2.05, 4.69) is 5.10 Å². The molecular weight excluding hydrogens is 376 g/mol. The van der Waals surface area contributed by atoms with Crippen LogP contribution in [0.1, 0.15) is 23.6 Å². The number of hydrazone groups is 1. The second-order valence-electron chi connectivity index (χ2n) is 5.89. The van der Waals surface area contributed by atoms with Gasteiger partial charge in [0, 0.05) is 17.0 Å². The highest BCUT2D eigenvalue weighted by atomic mass is 35.5. The number of rotatable bonds is 5. The topological polar surface area (TPSA) is 68.2 Å². The van der Waals surface area contributed by atoms with Crippen molar-refractivity contribution in [2.45, 2.75) is 12.5 Å². The molecule has 1 heterocycles. The summed E-state index contributed by atoms with van der Waals surface area (Å²) in [5.41, 5.74) is 2.19. The fourth-order valence-corrected chi connectivity index (χ4v) is 4.04. The Hall–Kier alpha value is -2.25. The van der Waals surface area contributed by atoms with Crippen molar-refractivity contribution in [3.8, 4) is 11.5 Å². The van der Waals surface area contributed by atoms with E-state index in [0.717, 1.165) is 16.2 Å². The van der Waals surface area contributed by atoms with Crippen molar-refractivity contribution in [2.24, 2.45) is 5.10 Å². The zero-order valence-corrected chi connectivity index (χ0v) is 16.2. The predicted octanol–water partition coefficient (Wildman–Crippen LogP) is 3.47. The SMILES string of the molecule is COc1cccc([C@@H]2CC(c3ccc(Cl)cc3)=NN2S(C)(=O)=O)c1OC. The Morgan fingerprint density at radius 2 is 1.81 bits per heavy atom. The summed E-state index contributed by atoms with van der Waals surface area (Å²) in [6.07, 6.45) is 1.55. The summed E-state index contributed by atoms with van der Waals surface area (Å²) in [7, 11) is -0.498. The molecule has 0 aliphatic carbocycles. The molecule has 3 rings (SSSR count). The number of methoxy groups -OCH3 is 2. The predicted molar refractivity (Wildman–Crippen MR) is 102 cm³/mol. The summed E-state index contributed by atoms with van der Waals surface area (Å²) < 4.78 is 36.6. The molecule has 8 heteroatoms. The van der Waals surface area contributed by atoms with Gasteiger partial charge in [0.2, 0.25) is 10.0 Å². The number of halogens is 1. The molecule has 0 bridgehead atoms. The number of sulfonamides is 1. The van der Waals surface area contributed by atoms with E-state index in [9.17, 15) is 8.42 Å². The average Bonchev–Trinajstić information content (AvgIpc) is 3.07. The Bertz CT molecular complexity index is 942. The van der Waals surface area contributed by atoms with Crippen LogP contribution in [-0.2, 0) is 10.0 Å². The molecule has 6 nitrogen and oxygen atoms in total. The third-order valence-electron chi connectivity index (χ3n) is 4.18. The smallest absolute Gasteiger partial charge is 0.247 e. The Labute approximate surface area is 158 Å². The molecule has 0 fully saturated rings. The summed E-state index contributed by atoms with van der Waals surface area (Å²) in [5, 5.41) is 4.98. The molecule has 0 spiro atoms. The van der Waals surface area contributed by atoms with Crippen molar-refractivity contribution in [1.82, 2.24) is 4.41 Å². The highest BCUT2D eigenvalue weighted by molar-refractivity contribution is 7.88. The van der Waals surface area contributed by atoms with E-state index in [1.54, 1.807) is 31.4 Å². The quantitative estimate of drug-likeness (QED) is 0.778. The van der Waals surface area contributed by atoms with Gasteiger partial charge in [-0.15, -0.1) is 0 Å². The molecular formula is C18H19ClN2O4S. The van der Waals surface area contributed by atoms with E-state index < -0.39 is 16.1 Å². The van der Waals surface area contributed by atoms with Gasteiger partial charge in [-0.3, -0.25) is 0 Å². The van der Waals surface area contributed by atoms with Crippen LogP contribution in [0.2, 0.25) is 5.02 Å². The normalized spacial score (nSPS) is 17.2. The zero-order valence-electron chi connectivity index (χ0n) is 14.6. The summed E-state index contributed by atoms with van der Waals surface area (Å²) in [5.74, 6) is 1.04. The van der Waals surface area contributed by atoms with Crippen molar-refractivity contribution in [2.75, 3.05) is 20.5 Å². The Morgan fingerprint density at radius 1 is 1.12 bits per heavy atom. The van der Waals surface area contributed by atoms with E-state index in [-0.39, 0.29) is 0 Å². The lowest BCUT2D eigenvalue weighted by Crippen LogP contribution is -2.26. The maximum absolute atomic E-state index is 12.3. The Kier molecular flexibility index (Phi) is 5.11. The number of benzene rings is 2. The molecule has 1 aliphatic rings. The van der Waals surface area contributed by atoms with Gasteiger partial charge >= 0.3 is 0 Å². The molecule has 1 aliphatic heterocycles. The molecule has 26 heavy (non-hydrogen) atoms. The minimum atomic E-state index is -3.57. The monoisotopic (exact) mass is 394 g/mol. The minimum Gasteiger partial charge on any atom is -0.493 e. The lowest BCUT2D eigenvalue weighted by Gasteiger charge is -2.23. The minimum absolute atomic E-state index is 0.415. The number of hydrogen-bond donors (Lipinski definition) is 0. The van der Waals surface area contributed by atoms with Crippen LogP contribution in [0.3, 0.4) is 0 Å². The summed E-state index contributed by atoms with van der Waals surface area (Å²) in [6.45, 7) is 0. The first kappa shape index (κ1) is 18.5. The highest BCUT2D eigenvalue weighted by Gasteiger charge is 2.36. The molecule has 2 aromatic carbocycles. The third kappa shape index (κ3) is 3.50. The third-order valence-corrected chi connectivity index (χ3v) is 5.45. The highest BCUT2D eigenvalue weighted by Crippen LogP contribution is 2.42. The van der Waals surface area contributed by atoms with Crippen LogP contribution in [-0.4, -0.2) is 39.0 Å². The molecule has 138 valence electrons. The van der Waals surface area contributed by atoms with Gasteiger partial charge in [-0.05, 0) is 23.8 Å². The maximum Gasteiger partial charge on any atom is 0.247 e. The number of para-hydroxylation sites is 1. The molecule has 0 aromatic heterocycles. The van der Waals surface area contributed by atoms with Crippen molar-refractivity contribution < 1.29 is 17.9 Å². The van der Waals surface area contributed by atoms with Crippen LogP contribution < -0.4 is 9.47 Å². The largest absolute Gasteiger partial charge is 0.493 e. The standard InChI is InChI=1S/C18H19ClN2O4S/c1-24-17-6-4-5-14(18(17)25-2)16-11-15(20-21(16)26(3,22)23)12-7-9-13(19)10-8-12/h4-10,16H,11H2,1-3H3/t16-/m0/s1. The van der Waals surface area contributed by atoms with Gasteiger partial charge in [0.1, 0.15) is 0 Å². The van der Waals surface area contributed by atoms with Crippen LogP contribution in [0.25, 0.3) is 0 Å². The average molecular weight is 395 g/mol. The van der Waals surface area contributed by atoms with Crippen molar-refractivity contribution in [3.05, 3.63) is 58.6 Å². The zero-order chi connectivity index (χ0) is 18.9. The lowest BCUT2D eigenvalue weighted by atomic mass is 9.98. The molecule has 0 radical (unpaired) electrons. The van der Waals surface area contributed by atoms with Crippen LogP contribution in [0.5, 0.6) is 11.5 Å². The molecule has 0 unspecified atom stereocenters. The van der Waals surface area contributed by atoms with Gasteiger partial charge in [0.25, 0.3) is 0 Å². The first-order valence-corrected chi connectivity index (χ1v) is 10.1. The van der Waals surface area contributed by atoms with Crippen molar-refractivity contribution in [3.63, 3.8) is 0 Å². The summed E-state index contributed by atoms with van der Waals surface area (Å²) in [4.78, 5) is 0.